The van der Waals surface area contributed by atoms with Crippen LogP contribution in [0, 0.1) is 0 Å². The molecule has 4 rings (SSSR count). The van der Waals surface area contributed by atoms with Gasteiger partial charge in [-0.25, -0.2) is 13.1 Å². The molecule has 1 saturated heterocycles. The molecule has 3 aromatic rings. The summed E-state index contributed by atoms with van der Waals surface area (Å²) in [4.78, 5) is 8.33. The molecule has 0 radical (unpaired) electrons. The van der Waals surface area contributed by atoms with Crippen LogP contribution >= 0.6 is 0 Å². The van der Waals surface area contributed by atoms with Gasteiger partial charge in [-0.05, 0) is 62.2 Å². The van der Waals surface area contributed by atoms with Crippen LogP contribution in [0.15, 0.2) is 59.6 Å². The van der Waals surface area contributed by atoms with Crippen LogP contribution in [0.25, 0.3) is 10.9 Å². The zero-order valence-electron chi connectivity index (χ0n) is 19.3. The third-order valence-electron chi connectivity index (χ3n) is 6.21. The van der Waals surface area contributed by atoms with E-state index in [2.05, 4.69) is 32.6 Å². The summed E-state index contributed by atoms with van der Waals surface area (Å²) >= 11 is 0. The maximum atomic E-state index is 12.6. The number of aromatic nitrogens is 1. The first-order valence-electron chi connectivity index (χ1n) is 11.7. The number of hydrogen-bond donors (Lipinski definition) is 2. The van der Waals surface area contributed by atoms with E-state index in [1.54, 1.807) is 24.3 Å². The molecule has 7 nitrogen and oxygen atoms in total. The summed E-state index contributed by atoms with van der Waals surface area (Å²) in [7, 11) is -1.37. The highest BCUT2D eigenvalue weighted by molar-refractivity contribution is 7.89. The Bertz CT molecular complexity index is 1120. The van der Waals surface area contributed by atoms with Crippen molar-refractivity contribution in [1.82, 2.24) is 19.5 Å². The van der Waals surface area contributed by atoms with Crippen LogP contribution in [-0.2, 0) is 16.4 Å². The number of para-hydroxylation sites is 1. The number of aromatic amines is 1. The molecular formula is C25H34N4O3S. The van der Waals surface area contributed by atoms with Crippen molar-refractivity contribution in [2.75, 3.05) is 52.9 Å². The fourth-order valence-electron chi connectivity index (χ4n) is 4.17. The number of likely N-dealkylation sites (N-methyl/N-ethyl adjacent to an activating group) is 1. The summed E-state index contributed by atoms with van der Waals surface area (Å²) < 4.78 is 33.7. The summed E-state index contributed by atoms with van der Waals surface area (Å²) in [6.07, 6.45) is 4.51. The van der Waals surface area contributed by atoms with Gasteiger partial charge < -0.3 is 19.5 Å². The molecule has 33 heavy (non-hydrogen) atoms. The lowest BCUT2D eigenvalue weighted by molar-refractivity contribution is 0.145. The Morgan fingerprint density at radius 2 is 1.76 bits per heavy atom. The van der Waals surface area contributed by atoms with Gasteiger partial charge in [0.1, 0.15) is 5.75 Å². The highest BCUT2D eigenvalue weighted by Crippen LogP contribution is 2.19. The van der Waals surface area contributed by atoms with Gasteiger partial charge in [-0.3, -0.25) is 0 Å². The fraction of sp³-hybridized carbons (Fsp3) is 0.440. The first-order chi connectivity index (χ1) is 16.0. The Labute approximate surface area is 196 Å². The van der Waals surface area contributed by atoms with Crippen molar-refractivity contribution in [3.63, 3.8) is 0 Å². The molecule has 0 atom stereocenters. The number of aryl methyl sites for hydroxylation is 1. The van der Waals surface area contributed by atoms with Crippen molar-refractivity contribution in [3.05, 3.63) is 60.3 Å². The van der Waals surface area contributed by atoms with Gasteiger partial charge in [0.25, 0.3) is 0 Å². The van der Waals surface area contributed by atoms with E-state index < -0.39 is 10.0 Å². The number of piperazine rings is 1. The third kappa shape index (κ3) is 6.57. The van der Waals surface area contributed by atoms with E-state index >= 15 is 0 Å². The van der Waals surface area contributed by atoms with E-state index in [9.17, 15) is 8.42 Å². The molecule has 1 aliphatic rings. The minimum absolute atomic E-state index is 0.263. The molecule has 2 heterocycles. The van der Waals surface area contributed by atoms with Gasteiger partial charge in [0.2, 0.25) is 10.0 Å². The van der Waals surface area contributed by atoms with Crippen molar-refractivity contribution in [1.29, 1.82) is 0 Å². The predicted octanol–water partition coefficient (Wildman–Crippen LogP) is 3.10. The van der Waals surface area contributed by atoms with Crippen molar-refractivity contribution in [2.24, 2.45) is 0 Å². The number of fused-ring (bicyclic) bond motifs is 1. The first kappa shape index (κ1) is 23.8. The summed E-state index contributed by atoms with van der Waals surface area (Å²) in [5.41, 5.74) is 2.31. The number of benzene rings is 2. The molecule has 8 heteroatoms. The van der Waals surface area contributed by atoms with Crippen LogP contribution < -0.4 is 9.46 Å². The smallest absolute Gasteiger partial charge is 0.240 e. The van der Waals surface area contributed by atoms with Gasteiger partial charge in [0.15, 0.2) is 0 Å². The van der Waals surface area contributed by atoms with Crippen molar-refractivity contribution >= 4 is 20.9 Å². The molecule has 0 amide bonds. The molecule has 1 fully saturated rings. The lowest BCUT2D eigenvalue weighted by Gasteiger charge is -2.32. The van der Waals surface area contributed by atoms with Crippen LogP contribution in [0.5, 0.6) is 5.75 Å². The first-order valence-corrected chi connectivity index (χ1v) is 13.2. The number of ether oxygens (including phenoxy) is 1. The summed E-state index contributed by atoms with van der Waals surface area (Å²) in [5, 5.41) is 1.19. The van der Waals surface area contributed by atoms with Crippen LogP contribution in [0.4, 0.5) is 0 Å². The maximum absolute atomic E-state index is 12.6. The van der Waals surface area contributed by atoms with E-state index in [4.69, 9.17) is 4.74 Å². The van der Waals surface area contributed by atoms with Crippen LogP contribution in [0.1, 0.15) is 18.4 Å². The number of nitrogens with one attached hydrogen (secondary N) is 2. The lowest BCUT2D eigenvalue weighted by Crippen LogP contribution is -2.44. The predicted molar refractivity (Wildman–Crippen MR) is 132 cm³/mol. The topological polar surface area (TPSA) is 77.7 Å². The maximum Gasteiger partial charge on any atom is 0.240 e. The largest absolute Gasteiger partial charge is 0.494 e. The monoisotopic (exact) mass is 470 g/mol. The van der Waals surface area contributed by atoms with Crippen molar-refractivity contribution in [2.45, 2.75) is 24.2 Å². The summed E-state index contributed by atoms with van der Waals surface area (Å²) in [6.45, 7) is 6.51. The van der Waals surface area contributed by atoms with Crippen LogP contribution in [-0.4, -0.2) is 76.1 Å². The molecule has 1 aromatic heterocycles. The number of hydrogen-bond acceptors (Lipinski definition) is 5. The van der Waals surface area contributed by atoms with Gasteiger partial charge in [-0.15, -0.1) is 0 Å². The Kier molecular flexibility index (Phi) is 8.03. The highest BCUT2D eigenvalue weighted by atomic mass is 32.2. The summed E-state index contributed by atoms with van der Waals surface area (Å²) in [6, 6.07) is 14.8. The molecule has 0 saturated carbocycles. The molecular weight excluding hydrogens is 436 g/mol. The normalized spacial score (nSPS) is 15.8. The second kappa shape index (κ2) is 11.2. The highest BCUT2D eigenvalue weighted by Gasteiger charge is 2.15. The molecule has 0 aliphatic carbocycles. The van der Waals surface area contributed by atoms with E-state index in [0.29, 0.717) is 18.9 Å². The zero-order chi connectivity index (χ0) is 23.1. The number of sulfonamides is 1. The third-order valence-corrected chi connectivity index (χ3v) is 7.68. The van der Waals surface area contributed by atoms with Crippen molar-refractivity contribution in [3.8, 4) is 5.75 Å². The van der Waals surface area contributed by atoms with Gasteiger partial charge in [-0.2, -0.15) is 0 Å². The van der Waals surface area contributed by atoms with E-state index in [-0.39, 0.29) is 4.90 Å². The van der Waals surface area contributed by atoms with E-state index in [1.165, 1.54) is 10.9 Å². The molecule has 1 aliphatic heterocycles. The molecule has 0 bridgehead atoms. The van der Waals surface area contributed by atoms with E-state index in [0.717, 1.165) is 57.5 Å². The fourth-order valence-corrected chi connectivity index (χ4v) is 5.25. The Morgan fingerprint density at radius 3 is 2.55 bits per heavy atom. The van der Waals surface area contributed by atoms with Crippen LogP contribution in [0.2, 0.25) is 0 Å². The molecule has 178 valence electrons. The summed E-state index contributed by atoms with van der Waals surface area (Å²) in [5.74, 6) is 0.701. The minimum Gasteiger partial charge on any atom is -0.494 e. The van der Waals surface area contributed by atoms with Gasteiger partial charge in [0, 0.05) is 56.4 Å². The minimum atomic E-state index is -3.53. The van der Waals surface area contributed by atoms with Gasteiger partial charge in [-0.1, -0.05) is 18.2 Å². The number of nitrogens with zero attached hydrogens (tertiary/aromatic N) is 2. The lowest BCUT2D eigenvalue weighted by atomic mass is 10.1. The SMILES string of the molecule is CN1CCN(CCCOc2ccc(S(=O)(=O)NCCCc3c[nH]c4ccccc34)cc2)CC1. The second-order valence-corrected chi connectivity index (χ2v) is 10.4. The number of H-pyrrole nitrogens is 1. The Hall–Kier alpha value is -2.39. The average molecular weight is 471 g/mol. The second-order valence-electron chi connectivity index (χ2n) is 8.68. The van der Waals surface area contributed by atoms with Crippen molar-refractivity contribution < 1.29 is 13.2 Å². The molecule has 2 aromatic carbocycles. The molecule has 0 spiro atoms. The quantitative estimate of drug-likeness (QED) is 0.421. The number of rotatable bonds is 11. The zero-order valence-corrected chi connectivity index (χ0v) is 20.1. The van der Waals surface area contributed by atoms with E-state index in [1.807, 2.05) is 24.4 Å². The Morgan fingerprint density at radius 1 is 1.00 bits per heavy atom. The van der Waals surface area contributed by atoms with Crippen LogP contribution in [0.3, 0.4) is 0 Å². The van der Waals surface area contributed by atoms with Gasteiger partial charge >= 0.3 is 0 Å². The standard InChI is InChI=1S/C25H34N4O3S/c1-28-15-17-29(18-16-28)14-5-19-32-22-9-11-23(12-10-22)33(30,31)27-13-4-6-21-20-26-25-8-3-2-7-24(21)25/h2-3,7-12,20,26-27H,4-6,13-19H2,1H3. The van der Waals surface area contributed by atoms with Gasteiger partial charge in [0.05, 0.1) is 11.5 Å². The molecule has 2 N–H and O–H groups in total. The Balaban J connectivity index is 1.18. The molecule has 0 unspecified atom stereocenters. The average Bonchev–Trinajstić information content (AvgIpc) is 3.24.